The van der Waals surface area contributed by atoms with Gasteiger partial charge >= 0.3 is 0 Å². The highest BCUT2D eigenvalue weighted by Gasteiger charge is 2.25. The van der Waals surface area contributed by atoms with Crippen LogP contribution in [0.15, 0.2) is 43.2 Å². The van der Waals surface area contributed by atoms with Gasteiger partial charge in [0.2, 0.25) is 11.9 Å². The molecule has 1 amide bonds. The van der Waals surface area contributed by atoms with Crippen LogP contribution in [0.3, 0.4) is 0 Å². The number of benzene rings is 1. The van der Waals surface area contributed by atoms with Crippen molar-refractivity contribution in [2.24, 2.45) is 0 Å². The fraction of sp³-hybridized carbons (Fsp3) is 0.409. The van der Waals surface area contributed by atoms with E-state index in [1.807, 2.05) is 36.7 Å². The number of amides is 1. The summed E-state index contributed by atoms with van der Waals surface area (Å²) in [5, 5.41) is 6.06. The molecule has 0 unspecified atom stereocenters. The number of hydrogen-bond acceptors (Lipinski definition) is 6. The van der Waals surface area contributed by atoms with Gasteiger partial charge in [-0.15, -0.1) is 0 Å². The van der Waals surface area contributed by atoms with Crippen LogP contribution in [-0.2, 0) is 4.79 Å². The van der Waals surface area contributed by atoms with Crippen molar-refractivity contribution >= 4 is 23.2 Å². The molecule has 2 aromatic rings. The van der Waals surface area contributed by atoms with Crippen molar-refractivity contribution in [3.8, 4) is 5.75 Å². The van der Waals surface area contributed by atoms with E-state index in [9.17, 15) is 4.79 Å². The van der Waals surface area contributed by atoms with E-state index in [1.165, 1.54) is 26.2 Å². The van der Waals surface area contributed by atoms with Crippen molar-refractivity contribution < 1.29 is 9.53 Å². The zero-order chi connectivity index (χ0) is 20.2. The van der Waals surface area contributed by atoms with Gasteiger partial charge in [0.05, 0.1) is 24.6 Å². The minimum absolute atomic E-state index is 0.118. The van der Waals surface area contributed by atoms with E-state index >= 15 is 0 Å². The minimum Gasteiger partial charge on any atom is -0.489 e. The maximum atomic E-state index is 11.1. The summed E-state index contributed by atoms with van der Waals surface area (Å²) in [6.07, 6.45) is 8.54. The van der Waals surface area contributed by atoms with Gasteiger partial charge in [0.1, 0.15) is 11.9 Å². The fourth-order valence-electron chi connectivity index (χ4n) is 3.56. The van der Waals surface area contributed by atoms with Crippen molar-refractivity contribution in [2.45, 2.75) is 44.8 Å². The lowest BCUT2D eigenvalue weighted by Crippen LogP contribution is -2.28. The fourth-order valence-corrected chi connectivity index (χ4v) is 3.56. The number of nitrogens with zero attached hydrogens (tertiary/aromatic N) is 3. The Bertz CT molecular complexity index is 862. The van der Waals surface area contributed by atoms with Crippen LogP contribution in [0, 0.1) is 0 Å². The molecule has 0 bridgehead atoms. The van der Waals surface area contributed by atoms with Crippen LogP contribution in [0.25, 0.3) is 5.70 Å². The van der Waals surface area contributed by atoms with E-state index in [1.54, 1.807) is 0 Å². The Morgan fingerprint density at radius 3 is 2.52 bits per heavy atom. The number of anilines is 2. The molecule has 2 aliphatic rings. The van der Waals surface area contributed by atoms with Crippen molar-refractivity contribution in [3.05, 3.63) is 48.8 Å². The van der Waals surface area contributed by atoms with Crippen LogP contribution < -0.4 is 20.3 Å². The van der Waals surface area contributed by atoms with Crippen LogP contribution in [0.1, 0.15) is 38.2 Å². The Balaban J connectivity index is 1.29. The normalized spacial score (nSPS) is 18.8. The summed E-state index contributed by atoms with van der Waals surface area (Å²) in [4.78, 5) is 22.3. The largest absolute Gasteiger partial charge is 0.489 e. The first-order valence-corrected chi connectivity index (χ1v) is 10.1. The second kappa shape index (κ2) is 8.51. The van der Waals surface area contributed by atoms with Crippen LogP contribution in [0.4, 0.5) is 11.6 Å². The van der Waals surface area contributed by atoms with E-state index in [-0.39, 0.29) is 12.0 Å². The van der Waals surface area contributed by atoms with Crippen molar-refractivity contribution in [3.63, 3.8) is 0 Å². The number of rotatable bonds is 7. The molecule has 1 aliphatic heterocycles. The Morgan fingerprint density at radius 1 is 1.17 bits per heavy atom. The number of nitrogens with one attached hydrogen (secondary N) is 2. The number of ether oxygens (including phenoxy) is 1. The molecule has 2 fully saturated rings. The van der Waals surface area contributed by atoms with E-state index in [4.69, 9.17) is 4.74 Å². The molecule has 1 saturated carbocycles. The van der Waals surface area contributed by atoms with Gasteiger partial charge in [0.25, 0.3) is 0 Å². The molecule has 2 N–H and O–H groups in total. The second-order valence-electron chi connectivity index (χ2n) is 7.70. The molecule has 1 atom stereocenters. The SMILES string of the molecule is C=C(NC(C)=O)c1ccc(O[C@@H]2CCN(c3cnc(NC4CCC4)nc3)C2)cc1. The Labute approximate surface area is 171 Å². The first-order chi connectivity index (χ1) is 14.1. The lowest BCUT2D eigenvalue weighted by Gasteiger charge is -2.26. The van der Waals surface area contributed by atoms with Gasteiger partial charge < -0.3 is 20.3 Å². The van der Waals surface area contributed by atoms with E-state index in [0.29, 0.717) is 17.7 Å². The summed E-state index contributed by atoms with van der Waals surface area (Å²) < 4.78 is 6.13. The standard InChI is InChI=1S/C22H27N5O2/c1-15(25-16(2)28)17-6-8-20(9-7-17)29-21-10-11-27(14-21)19-12-23-22(24-13-19)26-18-4-3-5-18/h6-9,12-13,18,21H,1,3-5,10-11,14H2,2H3,(H,25,28)(H,23,24,26)/t21-/m1/s1. The molecule has 4 rings (SSSR count). The first-order valence-electron chi connectivity index (χ1n) is 10.1. The third kappa shape index (κ3) is 4.85. The average Bonchev–Trinajstić information content (AvgIpc) is 3.14. The molecule has 7 heteroatoms. The number of hydrogen-bond donors (Lipinski definition) is 2. The number of aromatic nitrogens is 2. The predicted octanol–water partition coefficient (Wildman–Crippen LogP) is 3.21. The molecular weight excluding hydrogens is 366 g/mol. The minimum atomic E-state index is -0.128. The molecule has 152 valence electrons. The zero-order valence-electron chi connectivity index (χ0n) is 16.7. The molecule has 1 aromatic heterocycles. The first kappa shape index (κ1) is 19.2. The van der Waals surface area contributed by atoms with E-state index in [0.717, 1.165) is 36.5 Å². The van der Waals surface area contributed by atoms with Crippen LogP contribution in [0.2, 0.25) is 0 Å². The van der Waals surface area contributed by atoms with E-state index < -0.39 is 0 Å². The summed E-state index contributed by atoms with van der Waals surface area (Å²) in [5.74, 6) is 1.40. The molecular formula is C22H27N5O2. The molecule has 1 aliphatic carbocycles. The van der Waals surface area contributed by atoms with Gasteiger partial charge in [-0.05, 0) is 49.1 Å². The summed E-state index contributed by atoms with van der Waals surface area (Å²) in [6.45, 7) is 7.07. The molecule has 1 saturated heterocycles. The Kier molecular flexibility index (Phi) is 5.64. The third-order valence-electron chi connectivity index (χ3n) is 5.42. The maximum Gasteiger partial charge on any atom is 0.222 e. The Hall–Kier alpha value is -3.09. The van der Waals surface area contributed by atoms with Gasteiger partial charge in [-0.1, -0.05) is 6.58 Å². The van der Waals surface area contributed by atoms with Crippen molar-refractivity contribution in [2.75, 3.05) is 23.3 Å². The Morgan fingerprint density at radius 2 is 1.90 bits per heavy atom. The smallest absolute Gasteiger partial charge is 0.222 e. The molecule has 2 heterocycles. The monoisotopic (exact) mass is 393 g/mol. The third-order valence-corrected chi connectivity index (χ3v) is 5.42. The molecule has 0 radical (unpaired) electrons. The molecule has 7 nitrogen and oxygen atoms in total. The van der Waals surface area contributed by atoms with Crippen LogP contribution in [-0.4, -0.2) is 41.1 Å². The van der Waals surface area contributed by atoms with Crippen molar-refractivity contribution in [1.82, 2.24) is 15.3 Å². The highest BCUT2D eigenvalue weighted by molar-refractivity contribution is 5.84. The predicted molar refractivity (Wildman–Crippen MR) is 114 cm³/mol. The summed E-state index contributed by atoms with van der Waals surface area (Å²) in [7, 11) is 0. The van der Waals surface area contributed by atoms with Gasteiger partial charge in [-0.3, -0.25) is 4.79 Å². The molecule has 1 aromatic carbocycles. The summed E-state index contributed by atoms with van der Waals surface area (Å²) in [6, 6.07) is 8.17. The maximum absolute atomic E-state index is 11.1. The lowest BCUT2D eigenvalue weighted by atomic mass is 9.93. The van der Waals surface area contributed by atoms with Gasteiger partial charge in [0, 0.05) is 31.6 Å². The highest BCUT2D eigenvalue weighted by atomic mass is 16.5. The second-order valence-corrected chi connectivity index (χ2v) is 7.70. The summed E-state index contributed by atoms with van der Waals surface area (Å²) in [5.41, 5.74) is 2.48. The van der Waals surface area contributed by atoms with Gasteiger partial charge in [-0.25, -0.2) is 9.97 Å². The molecule has 29 heavy (non-hydrogen) atoms. The lowest BCUT2D eigenvalue weighted by molar-refractivity contribution is -0.117. The van der Waals surface area contributed by atoms with Crippen LogP contribution >= 0.6 is 0 Å². The zero-order valence-corrected chi connectivity index (χ0v) is 16.7. The van der Waals surface area contributed by atoms with Crippen LogP contribution in [0.5, 0.6) is 5.75 Å². The number of carbonyl (C=O) groups is 1. The van der Waals surface area contributed by atoms with Crippen molar-refractivity contribution in [1.29, 1.82) is 0 Å². The van der Waals surface area contributed by atoms with Gasteiger partial charge in [-0.2, -0.15) is 0 Å². The topological polar surface area (TPSA) is 79.4 Å². The van der Waals surface area contributed by atoms with Gasteiger partial charge in [0.15, 0.2) is 0 Å². The number of carbonyl (C=O) groups excluding carboxylic acids is 1. The summed E-state index contributed by atoms with van der Waals surface area (Å²) >= 11 is 0. The molecule has 0 spiro atoms. The van der Waals surface area contributed by atoms with E-state index in [2.05, 4.69) is 32.1 Å². The highest BCUT2D eigenvalue weighted by Crippen LogP contribution is 2.25. The average molecular weight is 393 g/mol. The quantitative estimate of drug-likeness (QED) is 0.752.